The minimum absolute atomic E-state index is 0.627. The Morgan fingerprint density at radius 3 is 2.35 bits per heavy atom. The van der Waals surface area contributed by atoms with E-state index in [1.54, 1.807) is 0 Å². The molecule has 1 aliphatic rings. The highest BCUT2D eigenvalue weighted by molar-refractivity contribution is 4.80. The normalized spacial score (nSPS) is 19.4. The lowest BCUT2D eigenvalue weighted by Gasteiger charge is -2.33. The van der Waals surface area contributed by atoms with E-state index >= 15 is 0 Å². The van der Waals surface area contributed by atoms with Crippen molar-refractivity contribution in [2.75, 3.05) is 13.1 Å². The molecule has 2 nitrogen and oxygen atoms in total. The molecule has 2 heteroatoms. The van der Waals surface area contributed by atoms with Gasteiger partial charge in [-0.05, 0) is 45.7 Å². The molecule has 1 saturated carbocycles. The molecule has 17 heavy (non-hydrogen) atoms. The maximum Gasteiger partial charge on any atom is 0.00979 e. The Labute approximate surface area is 108 Å². The van der Waals surface area contributed by atoms with Crippen molar-refractivity contribution in [1.29, 1.82) is 0 Å². The lowest BCUT2D eigenvalue weighted by molar-refractivity contribution is 0.145. The van der Waals surface area contributed by atoms with Gasteiger partial charge in [0.2, 0.25) is 0 Å². The minimum atomic E-state index is 0.627. The lowest BCUT2D eigenvalue weighted by Crippen LogP contribution is -2.40. The first-order valence-corrected chi connectivity index (χ1v) is 7.64. The van der Waals surface area contributed by atoms with Gasteiger partial charge in [-0.2, -0.15) is 0 Å². The Balaban J connectivity index is 2.21. The van der Waals surface area contributed by atoms with E-state index in [0.717, 1.165) is 12.1 Å². The van der Waals surface area contributed by atoms with Crippen LogP contribution in [0.4, 0.5) is 0 Å². The lowest BCUT2D eigenvalue weighted by atomic mass is 10.1. The van der Waals surface area contributed by atoms with E-state index < -0.39 is 0 Å². The Morgan fingerprint density at radius 1 is 1.18 bits per heavy atom. The summed E-state index contributed by atoms with van der Waals surface area (Å²) in [5.41, 5.74) is 0. The van der Waals surface area contributed by atoms with E-state index in [1.165, 1.54) is 51.6 Å². The van der Waals surface area contributed by atoms with E-state index in [4.69, 9.17) is 0 Å². The fraction of sp³-hybridized carbons (Fsp3) is 1.00. The number of hydrogen-bond acceptors (Lipinski definition) is 2. The van der Waals surface area contributed by atoms with Crippen LogP contribution in [0.3, 0.4) is 0 Å². The zero-order chi connectivity index (χ0) is 12.7. The molecule has 0 aromatic carbocycles. The summed E-state index contributed by atoms with van der Waals surface area (Å²) in [4.78, 5) is 2.74. The summed E-state index contributed by atoms with van der Waals surface area (Å²) < 4.78 is 0. The van der Waals surface area contributed by atoms with Crippen molar-refractivity contribution in [3.05, 3.63) is 0 Å². The summed E-state index contributed by atoms with van der Waals surface area (Å²) in [5.74, 6) is 0. The standard InChI is InChI=1S/C15H32N2/c1-5-17(15-10-6-7-11-15)14(4)9-8-12-16-13(2)3/h13-16H,5-12H2,1-4H3. The van der Waals surface area contributed by atoms with Gasteiger partial charge in [0.25, 0.3) is 0 Å². The van der Waals surface area contributed by atoms with Crippen LogP contribution in [0.15, 0.2) is 0 Å². The first-order valence-electron chi connectivity index (χ1n) is 7.64. The van der Waals surface area contributed by atoms with Gasteiger partial charge < -0.3 is 5.32 Å². The monoisotopic (exact) mass is 240 g/mol. The van der Waals surface area contributed by atoms with Crippen molar-refractivity contribution in [3.8, 4) is 0 Å². The molecule has 1 aliphatic carbocycles. The summed E-state index contributed by atoms with van der Waals surface area (Å²) >= 11 is 0. The molecular weight excluding hydrogens is 208 g/mol. The van der Waals surface area contributed by atoms with Gasteiger partial charge in [-0.15, -0.1) is 0 Å². The van der Waals surface area contributed by atoms with Crippen LogP contribution < -0.4 is 5.32 Å². The average Bonchev–Trinajstić information content (AvgIpc) is 2.79. The van der Waals surface area contributed by atoms with Gasteiger partial charge in [-0.25, -0.2) is 0 Å². The fourth-order valence-electron chi connectivity index (χ4n) is 3.12. The van der Waals surface area contributed by atoms with Crippen LogP contribution in [-0.2, 0) is 0 Å². The van der Waals surface area contributed by atoms with Crippen molar-refractivity contribution in [2.45, 2.75) is 84.3 Å². The number of nitrogens with zero attached hydrogens (tertiary/aromatic N) is 1. The summed E-state index contributed by atoms with van der Waals surface area (Å²) in [6, 6.07) is 2.27. The van der Waals surface area contributed by atoms with Crippen LogP contribution in [-0.4, -0.2) is 36.1 Å². The van der Waals surface area contributed by atoms with E-state index in [2.05, 4.69) is 37.9 Å². The van der Waals surface area contributed by atoms with Gasteiger partial charge in [-0.1, -0.05) is 33.6 Å². The maximum atomic E-state index is 3.51. The molecule has 0 amide bonds. The first-order chi connectivity index (χ1) is 8.15. The van der Waals surface area contributed by atoms with Crippen LogP contribution in [0.1, 0.15) is 66.2 Å². The summed E-state index contributed by atoms with van der Waals surface area (Å²) in [6.07, 6.45) is 8.41. The largest absolute Gasteiger partial charge is 0.315 e. The van der Waals surface area contributed by atoms with Crippen LogP contribution in [0.25, 0.3) is 0 Å². The van der Waals surface area contributed by atoms with Crippen LogP contribution in [0.5, 0.6) is 0 Å². The molecule has 0 saturated heterocycles. The van der Waals surface area contributed by atoms with E-state index in [0.29, 0.717) is 6.04 Å². The van der Waals surface area contributed by atoms with Gasteiger partial charge in [0.1, 0.15) is 0 Å². The molecule has 1 atom stereocenters. The van der Waals surface area contributed by atoms with Crippen LogP contribution in [0, 0.1) is 0 Å². The second-order valence-corrected chi connectivity index (χ2v) is 5.87. The third kappa shape index (κ3) is 5.39. The van der Waals surface area contributed by atoms with Gasteiger partial charge in [0.15, 0.2) is 0 Å². The van der Waals surface area contributed by atoms with Gasteiger partial charge in [-0.3, -0.25) is 4.90 Å². The number of rotatable bonds is 8. The third-order valence-corrected chi connectivity index (χ3v) is 4.08. The molecule has 1 unspecified atom stereocenters. The molecule has 1 N–H and O–H groups in total. The van der Waals surface area contributed by atoms with E-state index in [1.807, 2.05) is 0 Å². The molecule has 0 aromatic rings. The molecule has 0 spiro atoms. The van der Waals surface area contributed by atoms with Crippen molar-refractivity contribution < 1.29 is 0 Å². The van der Waals surface area contributed by atoms with Crippen molar-refractivity contribution >= 4 is 0 Å². The molecule has 0 aliphatic heterocycles. The molecule has 0 heterocycles. The molecule has 1 rings (SSSR count). The second-order valence-electron chi connectivity index (χ2n) is 5.87. The molecule has 0 bridgehead atoms. The van der Waals surface area contributed by atoms with E-state index in [9.17, 15) is 0 Å². The Morgan fingerprint density at radius 2 is 1.82 bits per heavy atom. The van der Waals surface area contributed by atoms with Crippen LogP contribution >= 0.6 is 0 Å². The predicted octanol–water partition coefficient (Wildman–Crippen LogP) is 3.42. The average molecular weight is 240 g/mol. The van der Waals surface area contributed by atoms with Crippen molar-refractivity contribution in [1.82, 2.24) is 10.2 Å². The fourth-order valence-corrected chi connectivity index (χ4v) is 3.12. The topological polar surface area (TPSA) is 15.3 Å². The Bertz CT molecular complexity index is 185. The second kappa shape index (κ2) is 8.10. The van der Waals surface area contributed by atoms with E-state index in [-0.39, 0.29) is 0 Å². The van der Waals surface area contributed by atoms with Crippen LogP contribution in [0.2, 0.25) is 0 Å². The molecule has 0 aromatic heterocycles. The van der Waals surface area contributed by atoms with Gasteiger partial charge in [0.05, 0.1) is 0 Å². The molecule has 1 fully saturated rings. The SMILES string of the molecule is CCN(C(C)CCCNC(C)C)C1CCCC1. The number of hydrogen-bond donors (Lipinski definition) is 1. The highest BCUT2D eigenvalue weighted by Gasteiger charge is 2.24. The summed E-state index contributed by atoms with van der Waals surface area (Å²) in [5, 5.41) is 3.51. The quantitative estimate of drug-likeness (QED) is 0.654. The Hall–Kier alpha value is -0.0800. The summed E-state index contributed by atoms with van der Waals surface area (Å²) in [7, 11) is 0. The maximum absolute atomic E-state index is 3.51. The van der Waals surface area contributed by atoms with Crippen molar-refractivity contribution in [2.24, 2.45) is 0 Å². The number of nitrogens with one attached hydrogen (secondary N) is 1. The van der Waals surface area contributed by atoms with Crippen molar-refractivity contribution in [3.63, 3.8) is 0 Å². The highest BCUT2D eigenvalue weighted by Crippen LogP contribution is 2.25. The first kappa shape index (κ1) is 15.0. The summed E-state index contributed by atoms with van der Waals surface area (Å²) in [6.45, 7) is 11.6. The molecule has 102 valence electrons. The predicted molar refractivity (Wildman–Crippen MR) is 76.5 cm³/mol. The minimum Gasteiger partial charge on any atom is -0.315 e. The zero-order valence-electron chi connectivity index (χ0n) is 12.3. The highest BCUT2D eigenvalue weighted by atomic mass is 15.2. The smallest absolute Gasteiger partial charge is 0.00979 e. The molecule has 0 radical (unpaired) electrons. The Kier molecular flexibility index (Phi) is 7.14. The molecular formula is C15H32N2. The van der Waals surface area contributed by atoms with Gasteiger partial charge >= 0.3 is 0 Å². The van der Waals surface area contributed by atoms with Gasteiger partial charge in [0, 0.05) is 18.1 Å². The zero-order valence-corrected chi connectivity index (χ0v) is 12.3. The third-order valence-electron chi connectivity index (χ3n) is 4.08.